The van der Waals surface area contributed by atoms with E-state index in [4.69, 9.17) is 0 Å². The molecule has 0 aromatic heterocycles. The highest BCUT2D eigenvalue weighted by Crippen LogP contribution is 2.52. The minimum atomic E-state index is -0.123. The summed E-state index contributed by atoms with van der Waals surface area (Å²) in [5.74, 6) is 0.999. The lowest BCUT2D eigenvalue weighted by molar-refractivity contribution is -0.140. The van der Waals surface area contributed by atoms with Crippen LogP contribution in [0.5, 0.6) is 0 Å². The zero-order chi connectivity index (χ0) is 22.1. The highest BCUT2D eigenvalue weighted by Gasteiger charge is 2.58. The second-order valence-electron chi connectivity index (χ2n) is 9.38. The average molecular weight is 436 g/mol. The molecule has 0 spiro atoms. The molecular formula is C25H33N5O2. The van der Waals surface area contributed by atoms with E-state index in [9.17, 15) is 9.59 Å². The van der Waals surface area contributed by atoms with Gasteiger partial charge in [0, 0.05) is 26.7 Å². The van der Waals surface area contributed by atoms with Gasteiger partial charge in [-0.15, -0.1) is 0 Å². The van der Waals surface area contributed by atoms with Gasteiger partial charge in [0.15, 0.2) is 5.96 Å². The van der Waals surface area contributed by atoms with Gasteiger partial charge in [0.1, 0.15) is 0 Å². The lowest BCUT2D eigenvalue weighted by Crippen LogP contribution is -2.46. The van der Waals surface area contributed by atoms with Crippen LogP contribution in [0.15, 0.2) is 47.5 Å². The fourth-order valence-corrected chi connectivity index (χ4v) is 6.07. The second-order valence-corrected chi connectivity index (χ2v) is 9.38. The van der Waals surface area contributed by atoms with Crippen LogP contribution in [0.4, 0.5) is 0 Å². The van der Waals surface area contributed by atoms with Crippen LogP contribution in [0.25, 0.3) is 0 Å². The average Bonchev–Trinajstić information content (AvgIpc) is 3.61. The molecule has 1 aromatic carbocycles. The van der Waals surface area contributed by atoms with Gasteiger partial charge in [0.25, 0.3) is 0 Å². The van der Waals surface area contributed by atoms with E-state index in [0.29, 0.717) is 25.1 Å². The van der Waals surface area contributed by atoms with Crippen molar-refractivity contribution in [3.05, 3.63) is 48.0 Å². The van der Waals surface area contributed by atoms with Gasteiger partial charge in [-0.25, -0.2) is 0 Å². The van der Waals surface area contributed by atoms with E-state index < -0.39 is 0 Å². The molecule has 2 heterocycles. The zero-order valence-electron chi connectivity index (χ0n) is 18.7. The summed E-state index contributed by atoms with van der Waals surface area (Å²) in [5.41, 5.74) is 1.31. The van der Waals surface area contributed by atoms with Gasteiger partial charge in [-0.2, -0.15) is 0 Å². The Labute approximate surface area is 189 Å². The first kappa shape index (κ1) is 21.2. The third-order valence-corrected chi connectivity index (χ3v) is 7.64. The van der Waals surface area contributed by atoms with E-state index in [1.165, 1.54) is 23.3 Å². The molecule has 5 unspecified atom stereocenters. The first-order valence-electron chi connectivity index (χ1n) is 11.9. The SMILES string of the molecule is CN=C(NCCN1C(=O)C2C3C=CC(C3)C2C1=O)NCC(c1ccccc1)N1CCCC1. The molecule has 2 N–H and O–H groups in total. The van der Waals surface area contributed by atoms with E-state index in [-0.39, 0.29) is 35.5 Å². The number of nitrogens with one attached hydrogen (secondary N) is 2. The largest absolute Gasteiger partial charge is 0.355 e. The topological polar surface area (TPSA) is 77.0 Å². The molecule has 2 aliphatic heterocycles. The molecule has 0 radical (unpaired) electrons. The summed E-state index contributed by atoms with van der Waals surface area (Å²) in [4.78, 5) is 34.0. The van der Waals surface area contributed by atoms with Crippen LogP contribution in [0.1, 0.15) is 30.9 Å². The number of nitrogens with zero attached hydrogens (tertiary/aromatic N) is 3. The third kappa shape index (κ3) is 3.83. The smallest absolute Gasteiger partial charge is 0.233 e. The lowest BCUT2D eigenvalue weighted by Gasteiger charge is -2.29. The first-order chi connectivity index (χ1) is 15.7. The van der Waals surface area contributed by atoms with Crippen molar-refractivity contribution >= 4 is 17.8 Å². The highest BCUT2D eigenvalue weighted by molar-refractivity contribution is 6.06. The number of carbonyl (C=O) groups is 2. The summed E-state index contributed by atoms with van der Waals surface area (Å²) < 4.78 is 0. The molecule has 2 amide bonds. The van der Waals surface area contributed by atoms with E-state index in [1.54, 1.807) is 7.05 Å². The van der Waals surface area contributed by atoms with Gasteiger partial charge in [-0.1, -0.05) is 42.5 Å². The van der Waals surface area contributed by atoms with E-state index >= 15 is 0 Å². The van der Waals surface area contributed by atoms with Crippen LogP contribution in [0.3, 0.4) is 0 Å². The molecule has 1 saturated carbocycles. The maximum atomic E-state index is 12.8. The Hall–Kier alpha value is -2.67. The maximum absolute atomic E-state index is 12.8. The number of hydrogen-bond acceptors (Lipinski definition) is 4. The molecule has 3 fully saturated rings. The summed E-state index contributed by atoms with van der Waals surface area (Å²) >= 11 is 0. The Morgan fingerprint density at radius 1 is 1.03 bits per heavy atom. The Bertz CT molecular complexity index is 878. The van der Waals surface area contributed by atoms with Crippen molar-refractivity contribution in [3.8, 4) is 0 Å². The molecule has 5 atom stereocenters. The minimum absolute atomic E-state index is 0.0137. The molecule has 5 rings (SSSR count). The lowest BCUT2D eigenvalue weighted by atomic mass is 9.85. The van der Waals surface area contributed by atoms with Crippen molar-refractivity contribution in [3.63, 3.8) is 0 Å². The quantitative estimate of drug-likeness (QED) is 0.296. The number of allylic oxidation sites excluding steroid dienone is 2. The number of guanidine groups is 1. The number of amides is 2. The van der Waals surface area contributed by atoms with Crippen LogP contribution in [0.2, 0.25) is 0 Å². The normalized spacial score (nSPS) is 30.3. The number of aliphatic imine (C=N–C) groups is 1. The Kier molecular flexibility index (Phi) is 6.00. The Morgan fingerprint density at radius 2 is 1.69 bits per heavy atom. The van der Waals surface area contributed by atoms with E-state index in [0.717, 1.165) is 26.1 Å². The number of imide groups is 1. The van der Waals surface area contributed by atoms with Crippen molar-refractivity contribution < 1.29 is 9.59 Å². The van der Waals surface area contributed by atoms with Crippen molar-refractivity contribution in [2.24, 2.45) is 28.7 Å². The standard InChI is InChI=1S/C25H33N5O2/c1-26-25(28-16-20(29-12-5-6-13-29)17-7-3-2-4-8-17)27-11-14-30-23(31)21-18-9-10-19(15-18)22(21)24(30)32/h2-4,7-10,18-22H,5-6,11-16H2,1H3,(H2,26,27,28). The third-order valence-electron chi connectivity index (χ3n) is 7.64. The maximum Gasteiger partial charge on any atom is 0.233 e. The van der Waals surface area contributed by atoms with Crippen molar-refractivity contribution in [2.45, 2.75) is 25.3 Å². The molecule has 7 heteroatoms. The number of likely N-dealkylation sites (tertiary alicyclic amines) is 2. The van der Waals surface area contributed by atoms with Crippen molar-refractivity contribution in [1.29, 1.82) is 0 Å². The van der Waals surface area contributed by atoms with Gasteiger partial charge in [0.2, 0.25) is 11.8 Å². The summed E-state index contributed by atoms with van der Waals surface area (Å²) in [5, 5.41) is 6.75. The summed E-state index contributed by atoms with van der Waals surface area (Å²) in [6, 6.07) is 10.9. The van der Waals surface area contributed by atoms with Crippen LogP contribution in [-0.2, 0) is 9.59 Å². The predicted molar refractivity (Wildman–Crippen MR) is 124 cm³/mol. The number of benzene rings is 1. The summed E-state index contributed by atoms with van der Waals surface area (Å²) in [6.07, 6.45) is 7.72. The number of rotatable bonds is 7. The number of fused-ring (bicyclic) bond motifs is 5. The molecule has 2 saturated heterocycles. The fourth-order valence-electron chi connectivity index (χ4n) is 6.07. The highest BCUT2D eigenvalue weighted by atomic mass is 16.2. The molecule has 1 aromatic rings. The van der Waals surface area contributed by atoms with Crippen molar-refractivity contribution in [1.82, 2.24) is 20.4 Å². The molecule has 170 valence electrons. The molecule has 32 heavy (non-hydrogen) atoms. The second kappa shape index (κ2) is 9.06. The fraction of sp³-hybridized carbons (Fsp3) is 0.560. The minimum Gasteiger partial charge on any atom is -0.355 e. The predicted octanol–water partition coefficient (Wildman–Crippen LogP) is 1.80. The van der Waals surface area contributed by atoms with Gasteiger partial charge >= 0.3 is 0 Å². The number of hydrogen-bond donors (Lipinski definition) is 2. The molecule has 7 nitrogen and oxygen atoms in total. The van der Waals surface area contributed by atoms with E-state index in [1.807, 2.05) is 0 Å². The van der Waals surface area contributed by atoms with Crippen LogP contribution in [0, 0.1) is 23.7 Å². The van der Waals surface area contributed by atoms with Crippen LogP contribution in [-0.4, -0.2) is 67.3 Å². The number of carbonyl (C=O) groups excluding carboxylic acids is 2. The molecule has 4 aliphatic rings. The van der Waals surface area contributed by atoms with Crippen LogP contribution < -0.4 is 10.6 Å². The molecule has 2 bridgehead atoms. The Morgan fingerprint density at radius 3 is 2.31 bits per heavy atom. The van der Waals surface area contributed by atoms with Gasteiger partial charge in [-0.05, 0) is 49.8 Å². The molecule has 2 aliphatic carbocycles. The van der Waals surface area contributed by atoms with Gasteiger partial charge in [-0.3, -0.25) is 24.4 Å². The van der Waals surface area contributed by atoms with E-state index in [2.05, 4.69) is 63.0 Å². The van der Waals surface area contributed by atoms with Crippen LogP contribution >= 0.6 is 0 Å². The molecular weight excluding hydrogens is 402 g/mol. The van der Waals surface area contributed by atoms with Gasteiger partial charge < -0.3 is 10.6 Å². The van der Waals surface area contributed by atoms with Gasteiger partial charge in [0.05, 0.1) is 17.9 Å². The summed E-state index contributed by atoms with van der Waals surface area (Å²) in [7, 11) is 1.75. The van der Waals surface area contributed by atoms with Crippen molar-refractivity contribution in [2.75, 3.05) is 39.8 Å². The zero-order valence-corrected chi connectivity index (χ0v) is 18.7. The Balaban J connectivity index is 1.14. The summed E-state index contributed by atoms with van der Waals surface area (Å²) in [6.45, 7) is 3.87. The first-order valence-corrected chi connectivity index (χ1v) is 11.9. The monoisotopic (exact) mass is 435 g/mol.